The number of hydrogen-bond acceptors (Lipinski definition) is 2. The molecule has 3 nitrogen and oxygen atoms in total. The van der Waals surface area contributed by atoms with Gasteiger partial charge in [-0.05, 0) is 25.0 Å². The van der Waals surface area contributed by atoms with Gasteiger partial charge in [0.05, 0.1) is 10.5 Å². The minimum absolute atomic E-state index is 0.217. The van der Waals surface area contributed by atoms with E-state index in [-0.39, 0.29) is 10.6 Å². The van der Waals surface area contributed by atoms with Crippen LogP contribution in [0.4, 0.5) is 5.69 Å². The third-order valence-electron chi connectivity index (χ3n) is 2.23. The average molecular weight is 175 g/mol. The minimum atomic E-state index is -0.325. The monoisotopic (exact) mass is 175 g/mol. The van der Waals surface area contributed by atoms with Gasteiger partial charge in [0.25, 0.3) is 5.69 Å². The standard InChI is InChI=1S/C10H9NO2/c1-7-5-8-3-2-4-10(11(12)13)9(8)6-7/h2-4,6H,5H2,1H3. The summed E-state index contributed by atoms with van der Waals surface area (Å²) >= 11 is 0. The Morgan fingerprint density at radius 2 is 2.23 bits per heavy atom. The lowest BCUT2D eigenvalue weighted by Gasteiger charge is -1.98. The number of nitrogens with zero attached hydrogens (tertiary/aromatic N) is 1. The Bertz CT molecular complexity index is 407. The SMILES string of the molecule is CC1=Cc2c(cccc2[N+](=O)[O-])C1. The summed E-state index contributed by atoms with van der Waals surface area (Å²) in [6.07, 6.45) is 2.74. The zero-order chi connectivity index (χ0) is 9.42. The molecule has 0 amide bonds. The Morgan fingerprint density at radius 3 is 2.92 bits per heavy atom. The van der Waals surface area contributed by atoms with Gasteiger partial charge in [-0.25, -0.2) is 0 Å². The maximum atomic E-state index is 10.6. The predicted octanol–water partition coefficient (Wildman–Crippen LogP) is 2.55. The molecule has 0 spiro atoms. The van der Waals surface area contributed by atoms with E-state index in [1.165, 1.54) is 5.57 Å². The van der Waals surface area contributed by atoms with Crippen molar-refractivity contribution >= 4 is 11.8 Å². The highest BCUT2D eigenvalue weighted by molar-refractivity contribution is 5.71. The van der Waals surface area contributed by atoms with Gasteiger partial charge in [0.1, 0.15) is 0 Å². The molecular weight excluding hydrogens is 166 g/mol. The normalized spacial score (nSPS) is 13.8. The van der Waals surface area contributed by atoms with Crippen molar-refractivity contribution in [3.05, 3.63) is 45.0 Å². The van der Waals surface area contributed by atoms with Crippen LogP contribution < -0.4 is 0 Å². The number of allylic oxidation sites excluding steroid dienone is 1. The second-order valence-corrected chi connectivity index (χ2v) is 3.27. The molecule has 1 aromatic rings. The van der Waals surface area contributed by atoms with E-state index in [1.807, 2.05) is 19.1 Å². The predicted molar refractivity (Wildman–Crippen MR) is 50.5 cm³/mol. The van der Waals surface area contributed by atoms with Gasteiger partial charge in [-0.3, -0.25) is 10.1 Å². The smallest absolute Gasteiger partial charge is 0.258 e. The lowest BCUT2D eigenvalue weighted by Crippen LogP contribution is -1.92. The average Bonchev–Trinajstić information content (AvgIpc) is 2.43. The highest BCUT2D eigenvalue weighted by Gasteiger charge is 2.19. The Labute approximate surface area is 75.8 Å². The van der Waals surface area contributed by atoms with Crippen LogP contribution >= 0.6 is 0 Å². The molecule has 0 fully saturated rings. The molecule has 3 heteroatoms. The fourth-order valence-corrected chi connectivity index (χ4v) is 1.68. The van der Waals surface area contributed by atoms with E-state index in [2.05, 4.69) is 0 Å². The number of benzene rings is 1. The van der Waals surface area contributed by atoms with E-state index in [1.54, 1.807) is 12.1 Å². The van der Waals surface area contributed by atoms with Crippen molar-refractivity contribution in [2.24, 2.45) is 0 Å². The quantitative estimate of drug-likeness (QED) is 0.486. The summed E-state index contributed by atoms with van der Waals surface area (Å²) in [5.74, 6) is 0. The molecule has 0 saturated carbocycles. The van der Waals surface area contributed by atoms with Gasteiger partial charge in [-0.15, -0.1) is 0 Å². The van der Waals surface area contributed by atoms with Gasteiger partial charge in [0.2, 0.25) is 0 Å². The van der Waals surface area contributed by atoms with Crippen LogP contribution in [0.25, 0.3) is 6.08 Å². The van der Waals surface area contributed by atoms with Gasteiger partial charge >= 0.3 is 0 Å². The third kappa shape index (κ3) is 1.22. The lowest BCUT2D eigenvalue weighted by molar-refractivity contribution is -0.385. The number of fused-ring (bicyclic) bond motifs is 1. The Morgan fingerprint density at radius 1 is 1.46 bits per heavy atom. The Kier molecular flexibility index (Phi) is 1.65. The highest BCUT2D eigenvalue weighted by Crippen LogP contribution is 2.31. The minimum Gasteiger partial charge on any atom is -0.258 e. The Hall–Kier alpha value is -1.64. The van der Waals surface area contributed by atoms with Crippen LogP contribution in [0.15, 0.2) is 23.8 Å². The van der Waals surface area contributed by atoms with Gasteiger partial charge < -0.3 is 0 Å². The fraction of sp³-hybridized carbons (Fsp3) is 0.200. The zero-order valence-corrected chi connectivity index (χ0v) is 7.28. The van der Waals surface area contributed by atoms with Crippen LogP contribution in [0.2, 0.25) is 0 Å². The van der Waals surface area contributed by atoms with E-state index in [0.29, 0.717) is 0 Å². The molecule has 0 radical (unpaired) electrons. The molecule has 1 aromatic carbocycles. The van der Waals surface area contributed by atoms with Crippen LogP contribution in [0.1, 0.15) is 18.1 Å². The van der Waals surface area contributed by atoms with E-state index in [4.69, 9.17) is 0 Å². The number of rotatable bonds is 1. The molecule has 0 aromatic heterocycles. The summed E-state index contributed by atoms with van der Waals surface area (Å²) in [7, 11) is 0. The summed E-state index contributed by atoms with van der Waals surface area (Å²) in [6.45, 7) is 1.99. The molecule has 2 rings (SSSR count). The van der Waals surface area contributed by atoms with E-state index < -0.39 is 0 Å². The molecule has 0 aliphatic heterocycles. The number of nitro groups is 1. The van der Waals surface area contributed by atoms with Crippen LogP contribution in [0, 0.1) is 10.1 Å². The first-order valence-electron chi connectivity index (χ1n) is 4.12. The van der Waals surface area contributed by atoms with E-state index in [0.717, 1.165) is 17.5 Å². The molecular formula is C10H9NO2. The van der Waals surface area contributed by atoms with Crippen LogP contribution in [0.5, 0.6) is 0 Å². The van der Waals surface area contributed by atoms with E-state index >= 15 is 0 Å². The molecule has 0 saturated heterocycles. The first kappa shape index (κ1) is 7.98. The second kappa shape index (κ2) is 2.69. The third-order valence-corrected chi connectivity index (χ3v) is 2.23. The first-order chi connectivity index (χ1) is 6.18. The van der Waals surface area contributed by atoms with Gasteiger partial charge in [0.15, 0.2) is 0 Å². The van der Waals surface area contributed by atoms with Gasteiger partial charge in [0, 0.05) is 6.07 Å². The summed E-state index contributed by atoms with van der Waals surface area (Å²) < 4.78 is 0. The maximum Gasteiger partial charge on any atom is 0.276 e. The molecule has 1 aliphatic carbocycles. The van der Waals surface area contributed by atoms with Crippen molar-refractivity contribution in [2.45, 2.75) is 13.3 Å². The first-order valence-corrected chi connectivity index (χ1v) is 4.12. The maximum absolute atomic E-state index is 10.6. The molecule has 0 bridgehead atoms. The lowest BCUT2D eigenvalue weighted by atomic mass is 10.1. The van der Waals surface area contributed by atoms with Crippen molar-refractivity contribution in [2.75, 3.05) is 0 Å². The summed E-state index contributed by atoms with van der Waals surface area (Å²) in [5.41, 5.74) is 3.25. The van der Waals surface area contributed by atoms with Crippen molar-refractivity contribution in [3.63, 3.8) is 0 Å². The number of hydrogen-bond donors (Lipinski definition) is 0. The topological polar surface area (TPSA) is 43.1 Å². The second-order valence-electron chi connectivity index (χ2n) is 3.27. The van der Waals surface area contributed by atoms with Crippen molar-refractivity contribution in [1.29, 1.82) is 0 Å². The van der Waals surface area contributed by atoms with Crippen LogP contribution in [-0.2, 0) is 6.42 Å². The van der Waals surface area contributed by atoms with E-state index in [9.17, 15) is 10.1 Å². The molecule has 1 aliphatic rings. The molecule has 0 N–H and O–H groups in total. The van der Waals surface area contributed by atoms with Crippen molar-refractivity contribution in [1.82, 2.24) is 0 Å². The van der Waals surface area contributed by atoms with Crippen LogP contribution in [-0.4, -0.2) is 4.92 Å². The van der Waals surface area contributed by atoms with Gasteiger partial charge in [-0.1, -0.05) is 17.7 Å². The molecule has 0 heterocycles. The Balaban J connectivity index is 2.61. The van der Waals surface area contributed by atoms with Crippen molar-refractivity contribution in [3.8, 4) is 0 Å². The number of nitro benzene ring substituents is 1. The zero-order valence-electron chi connectivity index (χ0n) is 7.28. The highest BCUT2D eigenvalue weighted by atomic mass is 16.6. The molecule has 13 heavy (non-hydrogen) atoms. The van der Waals surface area contributed by atoms with Crippen molar-refractivity contribution < 1.29 is 4.92 Å². The molecule has 0 atom stereocenters. The summed E-state index contributed by atoms with van der Waals surface area (Å²) in [6, 6.07) is 5.23. The van der Waals surface area contributed by atoms with Gasteiger partial charge in [-0.2, -0.15) is 0 Å². The molecule has 66 valence electrons. The summed E-state index contributed by atoms with van der Waals surface area (Å²) in [4.78, 5) is 10.3. The molecule has 0 unspecified atom stereocenters. The largest absolute Gasteiger partial charge is 0.276 e. The fourth-order valence-electron chi connectivity index (χ4n) is 1.68. The van der Waals surface area contributed by atoms with Crippen LogP contribution in [0.3, 0.4) is 0 Å². The summed E-state index contributed by atoms with van der Waals surface area (Å²) in [5, 5.41) is 10.6.